The standard InChI is InChI=1S/C24H21NO4S/c1-29-18-10-5-9-17(15-18)25-22(20-11-6-14-30-20)21(23(27)24(25)28)19(26)13-12-16-7-3-2-4-8-16/h2-11,14-15,22,27H,12-13H2,1H3. The van der Waals surface area contributed by atoms with Gasteiger partial charge in [0.25, 0.3) is 5.91 Å². The zero-order valence-corrected chi connectivity index (χ0v) is 17.3. The summed E-state index contributed by atoms with van der Waals surface area (Å²) in [5.41, 5.74) is 1.75. The Balaban J connectivity index is 1.69. The highest BCUT2D eigenvalue weighted by Gasteiger charge is 2.44. The zero-order chi connectivity index (χ0) is 21.1. The number of aliphatic hydroxyl groups is 1. The normalized spacial score (nSPS) is 16.2. The highest BCUT2D eigenvalue weighted by Crippen LogP contribution is 2.43. The van der Waals surface area contributed by atoms with Crippen LogP contribution in [0.25, 0.3) is 0 Å². The number of hydrogen-bond acceptors (Lipinski definition) is 5. The van der Waals surface area contributed by atoms with Gasteiger partial charge in [-0.2, -0.15) is 0 Å². The third-order valence-corrected chi connectivity index (χ3v) is 6.06. The van der Waals surface area contributed by atoms with E-state index in [0.717, 1.165) is 10.4 Å². The molecule has 1 aromatic heterocycles. The third kappa shape index (κ3) is 3.74. The Hall–Kier alpha value is -3.38. The van der Waals surface area contributed by atoms with Crippen molar-refractivity contribution in [2.45, 2.75) is 18.9 Å². The Kier molecular flexibility index (Phi) is 5.68. The average molecular weight is 420 g/mol. The first-order valence-electron chi connectivity index (χ1n) is 9.61. The molecule has 0 spiro atoms. The Labute approximate surface area is 178 Å². The van der Waals surface area contributed by atoms with E-state index >= 15 is 0 Å². The first-order chi connectivity index (χ1) is 14.6. The minimum atomic E-state index is -0.659. The van der Waals surface area contributed by atoms with E-state index in [1.807, 2.05) is 47.8 Å². The molecule has 4 rings (SSSR count). The van der Waals surface area contributed by atoms with Crippen molar-refractivity contribution in [3.05, 3.63) is 93.9 Å². The largest absolute Gasteiger partial charge is 0.503 e. The van der Waals surface area contributed by atoms with Crippen LogP contribution in [0.4, 0.5) is 5.69 Å². The van der Waals surface area contributed by atoms with Crippen molar-refractivity contribution < 1.29 is 19.4 Å². The summed E-state index contributed by atoms with van der Waals surface area (Å²) in [4.78, 5) is 28.5. The molecule has 3 aromatic rings. The highest BCUT2D eigenvalue weighted by molar-refractivity contribution is 7.10. The SMILES string of the molecule is COc1cccc(N2C(=O)C(O)=C(C(=O)CCc3ccccc3)C2c2cccs2)c1. The molecule has 0 saturated heterocycles. The van der Waals surface area contributed by atoms with Crippen molar-refractivity contribution in [2.24, 2.45) is 0 Å². The van der Waals surface area contributed by atoms with Crippen molar-refractivity contribution in [2.75, 3.05) is 12.0 Å². The number of ether oxygens (including phenoxy) is 1. The number of nitrogens with zero attached hydrogens (tertiary/aromatic N) is 1. The summed E-state index contributed by atoms with van der Waals surface area (Å²) in [5, 5.41) is 12.6. The molecule has 1 aliphatic heterocycles. The molecular weight excluding hydrogens is 398 g/mol. The van der Waals surface area contributed by atoms with Gasteiger partial charge in [0.2, 0.25) is 0 Å². The number of amides is 1. The van der Waals surface area contributed by atoms with Crippen LogP contribution >= 0.6 is 11.3 Å². The van der Waals surface area contributed by atoms with E-state index < -0.39 is 17.7 Å². The van der Waals surface area contributed by atoms with Crippen LogP contribution in [0, 0.1) is 0 Å². The second-order valence-corrected chi connectivity index (χ2v) is 7.94. The molecular formula is C24H21NO4S. The van der Waals surface area contributed by atoms with Gasteiger partial charge in [-0.1, -0.05) is 42.5 Å². The maximum atomic E-state index is 13.2. The Morgan fingerprint density at radius 2 is 1.90 bits per heavy atom. The van der Waals surface area contributed by atoms with Crippen molar-refractivity contribution in [1.29, 1.82) is 0 Å². The van der Waals surface area contributed by atoms with E-state index in [1.165, 1.54) is 16.2 Å². The molecule has 5 nitrogen and oxygen atoms in total. The van der Waals surface area contributed by atoms with Crippen molar-refractivity contribution >= 4 is 28.7 Å². The summed E-state index contributed by atoms with van der Waals surface area (Å²) < 4.78 is 5.29. The summed E-state index contributed by atoms with van der Waals surface area (Å²) in [7, 11) is 1.55. The molecule has 0 fully saturated rings. The molecule has 1 amide bonds. The summed E-state index contributed by atoms with van der Waals surface area (Å²) in [6.45, 7) is 0. The monoisotopic (exact) mass is 419 g/mol. The van der Waals surface area contributed by atoms with Crippen LogP contribution in [0.2, 0.25) is 0 Å². The van der Waals surface area contributed by atoms with Crippen LogP contribution in [0.5, 0.6) is 5.75 Å². The maximum Gasteiger partial charge on any atom is 0.294 e. The van der Waals surface area contributed by atoms with Crippen molar-refractivity contribution in [3.8, 4) is 5.75 Å². The van der Waals surface area contributed by atoms with Crippen molar-refractivity contribution in [3.63, 3.8) is 0 Å². The highest BCUT2D eigenvalue weighted by atomic mass is 32.1. The summed E-state index contributed by atoms with van der Waals surface area (Å²) in [6.07, 6.45) is 0.755. The predicted molar refractivity (Wildman–Crippen MR) is 117 cm³/mol. The lowest BCUT2D eigenvalue weighted by molar-refractivity contribution is -0.118. The van der Waals surface area contributed by atoms with Crippen molar-refractivity contribution in [1.82, 2.24) is 0 Å². The van der Waals surface area contributed by atoms with Gasteiger partial charge in [-0.25, -0.2) is 0 Å². The quantitative estimate of drug-likeness (QED) is 0.594. The minimum Gasteiger partial charge on any atom is -0.503 e. The Morgan fingerprint density at radius 1 is 1.10 bits per heavy atom. The van der Waals surface area contributed by atoms with E-state index in [1.54, 1.807) is 31.4 Å². The Morgan fingerprint density at radius 3 is 2.60 bits per heavy atom. The number of hydrogen-bond donors (Lipinski definition) is 1. The van der Waals surface area contributed by atoms with Crippen LogP contribution in [-0.2, 0) is 16.0 Å². The number of ketones is 1. The molecule has 30 heavy (non-hydrogen) atoms. The fraction of sp³-hybridized carbons (Fsp3) is 0.167. The number of thiophene rings is 1. The van der Waals surface area contributed by atoms with Crippen LogP contribution in [0.1, 0.15) is 22.9 Å². The number of anilines is 1. The molecule has 152 valence electrons. The molecule has 2 aromatic carbocycles. The average Bonchev–Trinajstić information content (AvgIpc) is 3.40. The summed E-state index contributed by atoms with van der Waals surface area (Å²) in [5.74, 6) is -0.693. The second-order valence-electron chi connectivity index (χ2n) is 6.97. The van der Waals surface area contributed by atoms with Crippen LogP contribution in [-0.4, -0.2) is 23.9 Å². The lowest BCUT2D eigenvalue weighted by Crippen LogP contribution is -2.30. The topological polar surface area (TPSA) is 66.8 Å². The lowest BCUT2D eigenvalue weighted by atomic mass is 9.97. The molecule has 0 radical (unpaired) electrons. The van der Waals surface area contributed by atoms with Gasteiger partial charge in [0.1, 0.15) is 11.8 Å². The summed E-state index contributed by atoms with van der Waals surface area (Å²) in [6, 6.07) is 19.8. The molecule has 1 aliphatic rings. The number of methoxy groups -OCH3 is 1. The van der Waals surface area contributed by atoms with Gasteiger partial charge in [0.05, 0.1) is 12.7 Å². The fourth-order valence-corrected chi connectivity index (χ4v) is 4.49. The zero-order valence-electron chi connectivity index (χ0n) is 16.4. The number of benzene rings is 2. The van der Waals surface area contributed by atoms with Gasteiger partial charge in [-0.15, -0.1) is 11.3 Å². The fourth-order valence-electron chi connectivity index (χ4n) is 3.67. The van der Waals surface area contributed by atoms with Gasteiger partial charge in [0, 0.05) is 23.1 Å². The van der Waals surface area contributed by atoms with Gasteiger partial charge in [-0.3, -0.25) is 14.5 Å². The van der Waals surface area contributed by atoms with Crippen LogP contribution < -0.4 is 9.64 Å². The maximum absolute atomic E-state index is 13.2. The number of rotatable bonds is 7. The van der Waals surface area contributed by atoms with E-state index in [4.69, 9.17) is 4.74 Å². The van der Waals surface area contributed by atoms with Gasteiger partial charge in [0.15, 0.2) is 11.5 Å². The molecule has 0 saturated carbocycles. The number of carbonyl (C=O) groups excluding carboxylic acids is 2. The van der Waals surface area contributed by atoms with Gasteiger partial charge >= 0.3 is 0 Å². The molecule has 1 unspecified atom stereocenters. The number of aryl methyl sites for hydroxylation is 1. The first kappa shape index (κ1) is 19.9. The molecule has 0 bridgehead atoms. The van der Waals surface area contributed by atoms with Crippen LogP contribution in [0.3, 0.4) is 0 Å². The van der Waals surface area contributed by atoms with E-state index in [9.17, 15) is 14.7 Å². The number of carbonyl (C=O) groups is 2. The van der Waals surface area contributed by atoms with E-state index in [2.05, 4.69) is 0 Å². The van der Waals surface area contributed by atoms with E-state index in [0.29, 0.717) is 17.9 Å². The Bertz CT molecular complexity index is 1090. The predicted octanol–water partition coefficient (Wildman–Crippen LogP) is 4.86. The summed E-state index contributed by atoms with van der Waals surface area (Å²) >= 11 is 1.45. The van der Waals surface area contributed by atoms with E-state index in [-0.39, 0.29) is 17.8 Å². The van der Waals surface area contributed by atoms with Crippen LogP contribution in [0.15, 0.2) is 83.4 Å². The minimum absolute atomic E-state index is 0.154. The molecule has 6 heteroatoms. The second kappa shape index (κ2) is 8.55. The van der Waals surface area contributed by atoms with Gasteiger partial charge < -0.3 is 9.84 Å². The molecule has 0 aliphatic carbocycles. The number of aliphatic hydroxyl groups excluding tert-OH is 1. The third-order valence-electron chi connectivity index (χ3n) is 5.14. The first-order valence-corrected chi connectivity index (χ1v) is 10.5. The smallest absolute Gasteiger partial charge is 0.294 e. The lowest BCUT2D eigenvalue weighted by Gasteiger charge is -2.26. The molecule has 2 heterocycles. The molecule has 1 N–H and O–H groups in total. The molecule has 1 atom stereocenters. The van der Waals surface area contributed by atoms with Gasteiger partial charge in [-0.05, 0) is 35.6 Å². The number of Topliss-reactive ketones (excluding diaryl/α,β-unsaturated/α-hetero) is 1.